The van der Waals surface area contributed by atoms with Gasteiger partial charge < -0.3 is 9.84 Å². The van der Waals surface area contributed by atoms with Crippen LogP contribution in [0.4, 0.5) is 0 Å². The van der Waals surface area contributed by atoms with Crippen molar-refractivity contribution in [2.75, 3.05) is 0 Å². The third-order valence-electron chi connectivity index (χ3n) is 1.54. The summed E-state index contributed by atoms with van der Waals surface area (Å²) >= 11 is 0. The van der Waals surface area contributed by atoms with E-state index in [0.717, 1.165) is 0 Å². The van der Waals surface area contributed by atoms with E-state index in [1.165, 1.54) is 13.1 Å². The van der Waals surface area contributed by atoms with Crippen molar-refractivity contribution in [3.05, 3.63) is 30.1 Å². The van der Waals surface area contributed by atoms with Gasteiger partial charge >= 0.3 is 5.97 Å². The molecular weight excluding hydrogens is 184 g/mol. The molecule has 0 aliphatic heterocycles. The minimum Gasteiger partial charge on any atom is -0.479 e. The summed E-state index contributed by atoms with van der Waals surface area (Å²) in [6.45, 7) is 1.36. The highest BCUT2D eigenvalue weighted by atomic mass is 16.5. The van der Waals surface area contributed by atoms with Crippen LogP contribution in [0.5, 0.6) is 0 Å². The van der Waals surface area contributed by atoms with Gasteiger partial charge in [0, 0.05) is 6.20 Å². The van der Waals surface area contributed by atoms with Crippen molar-refractivity contribution in [2.45, 2.75) is 13.0 Å². The van der Waals surface area contributed by atoms with E-state index in [9.17, 15) is 4.79 Å². The maximum atomic E-state index is 10.4. The molecule has 1 aromatic heterocycles. The standard InChI is InChI=1S/C9H10N2O3/c1-6(9(12)13)14-8(10)7-4-2-3-5-11-7/h2-6,10H,1H3,(H,12,13). The van der Waals surface area contributed by atoms with Crippen molar-refractivity contribution in [3.8, 4) is 0 Å². The predicted molar refractivity (Wildman–Crippen MR) is 49.2 cm³/mol. The van der Waals surface area contributed by atoms with Crippen molar-refractivity contribution in [2.24, 2.45) is 0 Å². The smallest absolute Gasteiger partial charge is 0.344 e. The van der Waals surface area contributed by atoms with Gasteiger partial charge in [0.1, 0.15) is 5.69 Å². The van der Waals surface area contributed by atoms with Crippen LogP contribution in [0.15, 0.2) is 24.4 Å². The van der Waals surface area contributed by atoms with Crippen LogP contribution in [0.1, 0.15) is 12.6 Å². The Morgan fingerprint density at radius 2 is 2.36 bits per heavy atom. The number of carbonyl (C=O) groups is 1. The fourth-order valence-corrected chi connectivity index (χ4v) is 0.785. The fourth-order valence-electron chi connectivity index (χ4n) is 0.785. The highest BCUT2D eigenvalue weighted by molar-refractivity contribution is 5.91. The quantitative estimate of drug-likeness (QED) is 0.553. The molecule has 74 valence electrons. The van der Waals surface area contributed by atoms with Gasteiger partial charge in [0.25, 0.3) is 0 Å². The molecule has 1 heterocycles. The topological polar surface area (TPSA) is 83.3 Å². The van der Waals surface area contributed by atoms with E-state index in [4.69, 9.17) is 15.3 Å². The van der Waals surface area contributed by atoms with Crippen molar-refractivity contribution in [1.82, 2.24) is 4.98 Å². The summed E-state index contributed by atoms with van der Waals surface area (Å²) in [7, 11) is 0. The lowest BCUT2D eigenvalue weighted by molar-refractivity contribution is -0.144. The highest BCUT2D eigenvalue weighted by Crippen LogP contribution is 2.00. The number of pyridine rings is 1. The van der Waals surface area contributed by atoms with Crippen LogP contribution >= 0.6 is 0 Å². The second-order valence-corrected chi connectivity index (χ2v) is 2.64. The number of ether oxygens (including phenoxy) is 1. The van der Waals surface area contributed by atoms with E-state index in [-0.39, 0.29) is 5.90 Å². The number of carboxylic acids is 1. The maximum absolute atomic E-state index is 10.4. The van der Waals surface area contributed by atoms with Gasteiger partial charge in [-0.1, -0.05) is 6.07 Å². The van der Waals surface area contributed by atoms with E-state index in [0.29, 0.717) is 5.69 Å². The van der Waals surface area contributed by atoms with Crippen LogP contribution in [0, 0.1) is 5.41 Å². The lowest BCUT2D eigenvalue weighted by Crippen LogP contribution is -2.24. The Morgan fingerprint density at radius 3 is 2.86 bits per heavy atom. The first-order valence-corrected chi connectivity index (χ1v) is 4.00. The first-order chi connectivity index (χ1) is 6.61. The van der Waals surface area contributed by atoms with Crippen molar-refractivity contribution in [1.29, 1.82) is 5.41 Å². The van der Waals surface area contributed by atoms with Crippen LogP contribution in [-0.4, -0.2) is 28.1 Å². The summed E-state index contributed by atoms with van der Waals surface area (Å²) in [6, 6.07) is 4.99. The van der Waals surface area contributed by atoms with Gasteiger partial charge in [-0.05, 0) is 19.1 Å². The first kappa shape index (κ1) is 10.2. The summed E-state index contributed by atoms with van der Waals surface area (Å²) in [5.74, 6) is -1.34. The number of nitrogens with one attached hydrogen (secondary N) is 1. The van der Waals surface area contributed by atoms with Gasteiger partial charge in [-0.3, -0.25) is 10.4 Å². The molecule has 1 rings (SSSR count). The van der Waals surface area contributed by atoms with Crippen LogP contribution in [0.2, 0.25) is 0 Å². The van der Waals surface area contributed by atoms with Gasteiger partial charge in [0.15, 0.2) is 6.10 Å². The number of hydrogen-bond donors (Lipinski definition) is 2. The number of carboxylic acid groups (broad SMARTS) is 1. The summed E-state index contributed by atoms with van der Waals surface area (Å²) in [4.78, 5) is 14.3. The molecule has 1 atom stereocenters. The Kier molecular flexibility index (Phi) is 3.17. The number of hydrogen-bond acceptors (Lipinski definition) is 4. The molecule has 0 aliphatic carbocycles. The Hall–Kier alpha value is -1.91. The molecule has 0 amide bonds. The average Bonchev–Trinajstić information content (AvgIpc) is 2.19. The zero-order valence-electron chi connectivity index (χ0n) is 7.60. The second kappa shape index (κ2) is 4.36. The van der Waals surface area contributed by atoms with Crippen LogP contribution in [0.3, 0.4) is 0 Å². The second-order valence-electron chi connectivity index (χ2n) is 2.64. The number of nitrogens with zero attached hydrogens (tertiary/aromatic N) is 1. The normalized spacial score (nSPS) is 11.8. The summed E-state index contributed by atoms with van der Waals surface area (Å²) in [6.07, 6.45) is 0.475. The molecule has 0 bridgehead atoms. The molecule has 14 heavy (non-hydrogen) atoms. The molecule has 0 radical (unpaired) electrons. The van der Waals surface area contributed by atoms with Crippen LogP contribution in [-0.2, 0) is 9.53 Å². The minimum absolute atomic E-state index is 0.236. The van der Waals surface area contributed by atoms with Gasteiger partial charge in [0.2, 0.25) is 5.90 Å². The molecule has 1 aromatic rings. The van der Waals surface area contributed by atoms with E-state index in [2.05, 4.69) is 4.98 Å². The van der Waals surface area contributed by atoms with Crippen molar-refractivity contribution < 1.29 is 14.6 Å². The molecule has 0 aromatic carbocycles. The maximum Gasteiger partial charge on any atom is 0.344 e. The SMILES string of the molecule is CC(OC(=N)c1ccccn1)C(=O)O. The molecule has 5 heteroatoms. The molecule has 5 nitrogen and oxygen atoms in total. The van der Waals surface area contributed by atoms with Gasteiger partial charge in [-0.15, -0.1) is 0 Å². The van der Waals surface area contributed by atoms with E-state index in [1.54, 1.807) is 18.2 Å². The molecule has 1 unspecified atom stereocenters. The molecule has 0 saturated heterocycles. The summed E-state index contributed by atoms with van der Waals surface area (Å²) < 4.78 is 4.82. The monoisotopic (exact) mass is 194 g/mol. The van der Waals surface area contributed by atoms with Gasteiger partial charge in [-0.25, -0.2) is 4.79 Å². The molecule has 2 N–H and O–H groups in total. The van der Waals surface area contributed by atoms with E-state index in [1.807, 2.05) is 0 Å². The Labute approximate surface area is 80.9 Å². The number of aliphatic carboxylic acids is 1. The van der Waals surface area contributed by atoms with Crippen molar-refractivity contribution in [3.63, 3.8) is 0 Å². The predicted octanol–water partition coefficient (Wildman–Crippen LogP) is 0.897. The third-order valence-corrected chi connectivity index (χ3v) is 1.54. The van der Waals surface area contributed by atoms with Gasteiger partial charge in [0.05, 0.1) is 0 Å². The lowest BCUT2D eigenvalue weighted by atomic mass is 10.3. The van der Waals surface area contributed by atoms with Crippen LogP contribution < -0.4 is 0 Å². The Bertz CT molecular complexity index is 337. The average molecular weight is 194 g/mol. The first-order valence-electron chi connectivity index (χ1n) is 4.00. The zero-order valence-corrected chi connectivity index (χ0v) is 7.60. The molecule has 0 aliphatic rings. The molecule has 0 fully saturated rings. The van der Waals surface area contributed by atoms with E-state index >= 15 is 0 Å². The van der Waals surface area contributed by atoms with Gasteiger partial charge in [-0.2, -0.15) is 0 Å². The van der Waals surface area contributed by atoms with Crippen molar-refractivity contribution >= 4 is 11.9 Å². The summed E-state index contributed by atoms with van der Waals surface area (Å²) in [5.41, 5.74) is 0.320. The van der Waals surface area contributed by atoms with Crippen LogP contribution in [0.25, 0.3) is 0 Å². The zero-order chi connectivity index (χ0) is 10.6. The lowest BCUT2D eigenvalue weighted by Gasteiger charge is -2.09. The number of aromatic nitrogens is 1. The summed E-state index contributed by atoms with van der Waals surface area (Å²) in [5, 5.41) is 15.9. The molecule has 0 saturated carbocycles. The third kappa shape index (κ3) is 2.55. The Balaban J connectivity index is 2.64. The minimum atomic E-state index is -1.11. The Morgan fingerprint density at radius 1 is 1.64 bits per heavy atom. The number of rotatable bonds is 3. The molecular formula is C9H10N2O3. The van der Waals surface area contributed by atoms with E-state index < -0.39 is 12.1 Å². The largest absolute Gasteiger partial charge is 0.479 e. The highest BCUT2D eigenvalue weighted by Gasteiger charge is 2.15. The fraction of sp³-hybridized carbons (Fsp3) is 0.222. The molecule has 0 spiro atoms.